The van der Waals surface area contributed by atoms with E-state index >= 15 is 0 Å². The molecule has 3 rings (SSSR count). The highest BCUT2D eigenvalue weighted by Crippen LogP contribution is 2.29. The van der Waals surface area contributed by atoms with E-state index < -0.39 is 0 Å². The van der Waals surface area contributed by atoms with Crippen molar-refractivity contribution in [2.45, 2.75) is 19.5 Å². The number of methoxy groups -OCH3 is 1. The first-order chi connectivity index (χ1) is 11.7. The summed E-state index contributed by atoms with van der Waals surface area (Å²) in [5.41, 5.74) is 3.08. The van der Waals surface area contributed by atoms with E-state index in [9.17, 15) is 5.11 Å². The van der Waals surface area contributed by atoms with Crippen LogP contribution in [0.1, 0.15) is 24.1 Å². The first-order valence-electron chi connectivity index (χ1n) is 7.85. The Bertz CT molecular complexity index is 783. The van der Waals surface area contributed by atoms with Crippen molar-refractivity contribution in [2.24, 2.45) is 0 Å². The van der Waals surface area contributed by atoms with Crippen LogP contribution in [0.25, 0.3) is 5.69 Å². The zero-order valence-electron chi connectivity index (χ0n) is 13.8. The van der Waals surface area contributed by atoms with Crippen LogP contribution in [0.4, 0.5) is 0 Å². The molecule has 5 nitrogen and oxygen atoms in total. The molecule has 0 radical (unpaired) electrons. The number of phenols is 1. The Morgan fingerprint density at radius 1 is 1.21 bits per heavy atom. The maximum Gasteiger partial charge on any atom is 0.162 e. The highest BCUT2D eigenvalue weighted by molar-refractivity contribution is 5.45. The largest absolute Gasteiger partial charge is 0.504 e. The van der Waals surface area contributed by atoms with Crippen molar-refractivity contribution in [1.82, 2.24) is 14.9 Å². The highest BCUT2D eigenvalue weighted by atomic mass is 16.5. The summed E-state index contributed by atoms with van der Waals surface area (Å²) in [7, 11) is 1.55. The molecule has 0 bridgehead atoms. The summed E-state index contributed by atoms with van der Waals surface area (Å²) >= 11 is 0. The molecular formula is C19H21N3O2. The molecule has 2 N–H and O–H groups in total. The molecule has 0 fully saturated rings. The summed E-state index contributed by atoms with van der Waals surface area (Å²) in [5, 5.41) is 13.6. The van der Waals surface area contributed by atoms with Gasteiger partial charge in [-0.2, -0.15) is 0 Å². The van der Waals surface area contributed by atoms with E-state index in [0.717, 1.165) is 11.3 Å². The molecule has 0 saturated carbocycles. The molecule has 1 heterocycles. The summed E-state index contributed by atoms with van der Waals surface area (Å²) in [4.78, 5) is 4.06. The van der Waals surface area contributed by atoms with Gasteiger partial charge in [0.1, 0.15) is 0 Å². The highest BCUT2D eigenvalue weighted by Gasteiger charge is 2.10. The molecule has 124 valence electrons. The van der Waals surface area contributed by atoms with E-state index in [1.807, 2.05) is 22.9 Å². The molecule has 0 spiro atoms. The van der Waals surface area contributed by atoms with E-state index in [-0.39, 0.29) is 11.8 Å². The van der Waals surface area contributed by atoms with Crippen molar-refractivity contribution in [3.63, 3.8) is 0 Å². The number of nitrogens with one attached hydrogen (secondary N) is 1. The zero-order chi connectivity index (χ0) is 16.9. The van der Waals surface area contributed by atoms with Gasteiger partial charge in [-0.15, -0.1) is 0 Å². The third kappa shape index (κ3) is 3.41. The molecule has 1 atom stereocenters. The van der Waals surface area contributed by atoms with Crippen LogP contribution in [0.5, 0.6) is 11.5 Å². The van der Waals surface area contributed by atoms with E-state index in [0.29, 0.717) is 12.3 Å². The summed E-state index contributed by atoms with van der Waals surface area (Å²) in [6.07, 6.45) is 5.46. The average Bonchev–Trinajstić information content (AvgIpc) is 3.15. The summed E-state index contributed by atoms with van der Waals surface area (Å²) < 4.78 is 7.11. The van der Waals surface area contributed by atoms with Gasteiger partial charge in [0.25, 0.3) is 0 Å². The number of aromatic nitrogens is 2. The maximum atomic E-state index is 10.1. The minimum Gasteiger partial charge on any atom is -0.504 e. The first-order valence-corrected chi connectivity index (χ1v) is 7.85. The predicted molar refractivity (Wildman–Crippen MR) is 93.5 cm³/mol. The van der Waals surface area contributed by atoms with Crippen LogP contribution in [0.3, 0.4) is 0 Å². The van der Waals surface area contributed by atoms with Gasteiger partial charge in [-0.3, -0.25) is 0 Å². The minimum atomic E-state index is 0.160. The number of aromatic hydroxyl groups is 1. The van der Waals surface area contributed by atoms with Crippen LogP contribution in [0.2, 0.25) is 0 Å². The van der Waals surface area contributed by atoms with Crippen LogP contribution in [0, 0.1) is 0 Å². The number of phenolic OH excluding ortho intramolecular Hbond substituents is 1. The number of imidazole rings is 1. The summed E-state index contributed by atoms with van der Waals surface area (Å²) in [5.74, 6) is 0.682. The van der Waals surface area contributed by atoms with Gasteiger partial charge in [-0.25, -0.2) is 4.98 Å². The summed E-state index contributed by atoms with van der Waals surface area (Å²) in [6.45, 7) is 2.66. The lowest BCUT2D eigenvalue weighted by Crippen LogP contribution is -2.18. The zero-order valence-corrected chi connectivity index (χ0v) is 13.8. The van der Waals surface area contributed by atoms with Crippen molar-refractivity contribution in [3.05, 3.63) is 72.3 Å². The Kier molecular flexibility index (Phi) is 4.82. The SMILES string of the molecule is COc1cccc(CN[C@@H](C)c2ccc(-n3ccnc3)cc2)c1O. The second kappa shape index (κ2) is 7.19. The molecule has 0 amide bonds. The molecule has 2 aromatic carbocycles. The normalized spacial score (nSPS) is 12.1. The van der Waals surface area contributed by atoms with Crippen molar-refractivity contribution < 1.29 is 9.84 Å². The maximum absolute atomic E-state index is 10.1. The second-order valence-electron chi connectivity index (χ2n) is 5.63. The molecule has 0 aliphatic carbocycles. The lowest BCUT2D eigenvalue weighted by atomic mass is 10.1. The first kappa shape index (κ1) is 16.1. The Labute approximate surface area is 141 Å². The van der Waals surface area contributed by atoms with E-state index in [2.05, 4.69) is 41.5 Å². The number of nitrogens with zero attached hydrogens (tertiary/aromatic N) is 2. The lowest BCUT2D eigenvalue weighted by molar-refractivity contribution is 0.369. The summed E-state index contributed by atoms with van der Waals surface area (Å²) in [6, 6.07) is 14.0. The van der Waals surface area contributed by atoms with Crippen molar-refractivity contribution >= 4 is 0 Å². The molecule has 1 aromatic heterocycles. The molecule has 3 aromatic rings. The van der Waals surface area contributed by atoms with E-state index in [1.165, 1.54) is 5.56 Å². The van der Waals surface area contributed by atoms with Crippen LogP contribution < -0.4 is 10.1 Å². The van der Waals surface area contributed by atoms with Crippen LogP contribution in [0.15, 0.2) is 61.2 Å². The van der Waals surface area contributed by atoms with Crippen LogP contribution in [-0.4, -0.2) is 21.8 Å². The Morgan fingerprint density at radius 3 is 2.67 bits per heavy atom. The van der Waals surface area contributed by atoms with Gasteiger partial charge in [-0.1, -0.05) is 24.3 Å². The van der Waals surface area contributed by atoms with Gasteiger partial charge >= 0.3 is 0 Å². The third-order valence-electron chi connectivity index (χ3n) is 4.10. The molecule has 5 heteroatoms. The minimum absolute atomic E-state index is 0.160. The van der Waals surface area contributed by atoms with Crippen LogP contribution >= 0.6 is 0 Å². The Hall–Kier alpha value is -2.79. The van der Waals surface area contributed by atoms with Gasteiger partial charge in [0.05, 0.1) is 13.4 Å². The van der Waals surface area contributed by atoms with Crippen molar-refractivity contribution in [2.75, 3.05) is 7.11 Å². The fraction of sp³-hybridized carbons (Fsp3) is 0.211. The Balaban J connectivity index is 1.66. The average molecular weight is 323 g/mol. The smallest absolute Gasteiger partial charge is 0.162 e. The van der Waals surface area contributed by atoms with Crippen molar-refractivity contribution in [1.29, 1.82) is 0 Å². The Morgan fingerprint density at radius 2 is 2.00 bits per heavy atom. The van der Waals surface area contributed by atoms with Gasteiger partial charge < -0.3 is 19.7 Å². The van der Waals surface area contributed by atoms with Gasteiger partial charge in [0.15, 0.2) is 11.5 Å². The second-order valence-corrected chi connectivity index (χ2v) is 5.63. The van der Waals surface area contributed by atoms with Gasteiger partial charge in [-0.05, 0) is 30.7 Å². The van der Waals surface area contributed by atoms with Crippen LogP contribution in [-0.2, 0) is 6.54 Å². The number of ether oxygens (including phenoxy) is 1. The molecule has 24 heavy (non-hydrogen) atoms. The molecular weight excluding hydrogens is 302 g/mol. The number of para-hydroxylation sites is 1. The van der Waals surface area contributed by atoms with Gasteiger partial charge in [0.2, 0.25) is 0 Å². The third-order valence-corrected chi connectivity index (χ3v) is 4.10. The monoisotopic (exact) mass is 323 g/mol. The standard InChI is InChI=1S/C19H21N3O2/c1-14(21-12-16-4-3-5-18(24-2)19(16)23)15-6-8-17(9-7-15)22-11-10-20-13-22/h3-11,13-14,21,23H,12H2,1-2H3/t14-/m0/s1. The van der Waals surface area contributed by atoms with Crippen molar-refractivity contribution in [3.8, 4) is 17.2 Å². The topological polar surface area (TPSA) is 59.3 Å². The number of rotatable bonds is 6. The van der Waals surface area contributed by atoms with Gasteiger partial charge in [0, 0.05) is 36.2 Å². The number of benzene rings is 2. The molecule has 0 aliphatic heterocycles. The number of hydrogen-bond acceptors (Lipinski definition) is 4. The number of hydrogen-bond donors (Lipinski definition) is 2. The van der Waals surface area contributed by atoms with E-state index in [1.54, 1.807) is 25.7 Å². The fourth-order valence-corrected chi connectivity index (χ4v) is 2.60. The lowest BCUT2D eigenvalue weighted by Gasteiger charge is -2.16. The molecule has 0 aliphatic rings. The fourth-order valence-electron chi connectivity index (χ4n) is 2.60. The molecule has 0 unspecified atom stereocenters. The van der Waals surface area contributed by atoms with E-state index in [4.69, 9.17) is 4.74 Å². The quantitative estimate of drug-likeness (QED) is 0.729. The molecule has 0 saturated heterocycles. The predicted octanol–water partition coefficient (Wildman–Crippen LogP) is 3.44.